The number of hydrogen-bond donors (Lipinski definition) is 1. The molecule has 0 aliphatic carbocycles. The average Bonchev–Trinajstić information content (AvgIpc) is 2.81. The normalized spacial score (nSPS) is 12.1. The number of carbonyl (C=O) groups excluding carboxylic acids is 1. The summed E-state index contributed by atoms with van der Waals surface area (Å²) in [6, 6.07) is 7.18. The smallest absolute Gasteiger partial charge is 0.226 e. The van der Waals surface area contributed by atoms with Gasteiger partial charge in [-0.1, -0.05) is 17.7 Å². The summed E-state index contributed by atoms with van der Waals surface area (Å²) in [5, 5.41) is 3.43. The van der Waals surface area contributed by atoms with E-state index >= 15 is 0 Å². The van der Waals surface area contributed by atoms with E-state index in [1.807, 2.05) is 23.8 Å². The van der Waals surface area contributed by atoms with Crippen molar-refractivity contribution in [1.82, 2.24) is 9.55 Å². The molecule has 0 fully saturated rings. The largest absolute Gasteiger partial charge is 0.334 e. The van der Waals surface area contributed by atoms with Gasteiger partial charge in [-0.25, -0.2) is 4.98 Å². The number of halogens is 1. The zero-order chi connectivity index (χ0) is 13.0. The van der Waals surface area contributed by atoms with Crippen LogP contribution in [0.4, 0.5) is 5.69 Å². The highest BCUT2D eigenvalue weighted by Gasteiger charge is 2.10. The number of amides is 1. The van der Waals surface area contributed by atoms with Crippen molar-refractivity contribution in [3.63, 3.8) is 0 Å². The molecule has 18 heavy (non-hydrogen) atoms. The molecule has 0 unspecified atom stereocenters. The van der Waals surface area contributed by atoms with Crippen molar-refractivity contribution in [2.45, 2.75) is 19.4 Å². The summed E-state index contributed by atoms with van der Waals surface area (Å²) in [6.45, 7) is 1.97. The van der Waals surface area contributed by atoms with Gasteiger partial charge in [0.15, 0.2) is 0 Å². The standard InChI is InChI=1S/C13H14ClN3O/c1-10(17-6-5-15-9-17)7-13(18)16-12-4-2-3-11(14)8-12/h2-6,8-10H,7H2,1H3,(H,16,18)/t10-/m1/s1. The van der Waals surface area contributed by atoms with Crippen molar-refractivity contribution in [2.24, 2.45) is 0 Å². The zero-order valence-corrected chi connectivity index (χ0v) is 10.8. The maximum atomic E-state index is 11.8. The Hall–Kier alpha value is -1.81. The molecule has 1 amide bonds. The van der Waals surface area contributed by atoms with Crippen LogP contribution in [0.25, 0.3) is 0 Å². The average molecular weight is 264 g/mol. The molecule has 5 heteroatoms. The molecule has 0 saturated heterocycles. The van der Waals surface area contributed by atoms with Crippen LogP contribution in [-0.4, -0.2) is 15.5 Å². The number of benzene rings is 1. The van der Waals surface area contributed by atoms with Crippen LogP contribution >= 0.6 is 11.6 Å². The molecule has 0 saturated carbocycles. The van der Waals surface area contributed by atoms with Gasteiger partial charge in [-0.2, -0.15) is 0 Å². The molecule has 0 bridgehead atoms. The summed E-state index contributed by atoms with van der Waals surface area (Å²) in [7, 11) is 0. The van der Waals surface area contributed by atoms with Crippen LogP contribution in [0, 0.1) is 0 Å². The summed E-state index contributed by atoms with van der Waals surface area (Å²) in [5.41, 5.74) is 0.713. The van der Waals surface area contributed by atoms with Crippen molar-refractivity contribution in [3.8, 4) is 0 Å². The van der Waals surface area contributed by atoms with Crippen molar-refractivity contribution >= 4 is 23.2 Å². The monoisotopic (exact) mass is 263 g/mol. The van der Waals surface area contributed by atoms with Gasteiger partial charge in [0.2, 0.25) is 5.91 Å². The molecule has 1 N–H and O–H groups in total. The lowest BCUT2D eigenvalue weighted by molar-refractivity contribution is -0.116. The fraction of sp³-hybridized carbons (Fsp3) is 0.231. The van der Waals surface area contributed by atoms with E-state index in [0.29, 0.717) is 17.1 Å². The maximum absolute atomic E-state index is 11.8. The van der Waals surface area contributed by atoms with E-state index in [-0.39, 0.29) is 11.9 Å². The minimum Gasteiger partial charge on any atom is -0.334 e. The van der Waals surface area contributed by atoms with Crippen LogP contribution < -0.4 is 5.32 Å². The number of imidazole rings is 1. The van der Waals surface area contributed by atoms with Crippen molar-refractivity contribution in [2.75, 3.05) is 5.32 Å². The molecule has 0 spiro atoms. The third-order valence-corrected chi connectivity index (χ3v) is 2.86. The van der Waals surface area contributed by atoms with Crippen molar-refractivity contribution in [1.29, 1.82) is 0 Å². The number of rotatable bonds is 4. The lowest BCUT2D eigenvalue weighted by atomic mass is 10.2. The summed E-state index contributed by atoms with van der Waals surface area (Å²) in [4.78, 5) is 15.8. The van der Waals surface area contributed by atoms with Crippen LogP contribution in [0.2, 0.25) is 5.02 Å². The van der Waals surface area contributed by atoms with Gasteiger partial charge < -0.3 is 9.88 Å². The third kappa shape index (κ3) is 3.34. The van der Waals surface area contributed by atoms with E-state index in [4.69, 9.17) is 11.6 Å². The minimum atomic E-state index is -0.0431. The molecule has 4 nitrogen and oxygen atoms in total. The quantitative estimate of drug-likeness (QED) is 0.921. The second-order valence-electron chi connectivity index (χ2n) is 4.12. The molecular weight excluding hydrogens is 250 g/mol. The van der Waals surface area contributed by atoms with Crippen molar-refractivity contribution < 1.29 is 4.79 Å². The van der Waals surface area contributed by atoms with Gasteiger partial charge in [0.1, 0.15) is 0 Å². The Bertz CT molecular complexity index is 525. The van der Waals surface area contributed by atoms with Crippen LogP contribution in [0.1, 0.15) is 19.4 Å². The van der Waals surface area contributed by atoms with Gasteiger partial charge in [0.05, 0.1) is 6.33 Å². The predicted octanol–water partition coefficient (Wildman–Crippen LogP) is 3.13. The lowest BCUT2D eigenvalue weighted by Crippen LogP contribution is -2.16. The second kappa shape index (κ2) is 5.69. The molecule has 1 aromatic carbocycles. The van der Waals surface area contributed by atoms with Crippen LogP contribution in [-0.2, 0) is 4.79 Å². The minimum absolute atomic E-state index is 0.0431. The molecule has 0 radical (unpaired) electrons. The molecule has 2 rings (SSSR count). The number of hydrogen-bond acceptors (Lipinski definition) is 2. The van der Waals surface area contributed by atoms with E-state index in [9.17, 15) is 4.79 Å². The summed E-state index contributed by atoms with van der Waals surface area (Å²) < 4.78 is 1.90. The SMILES string of the molecule is C[C@H](CC(=O)Nc1cccc(Cl)c1)n1ccnc1. The fourth-order valence-electron chi connectivity index (χ4n) is 1.68. The Morgan fingerprint density at radius 1 is 1.56 bits per heavy atom. The molecule has 1 atom stereocenters. The Morgan fingerprint density at radius 3 is 3.06 bits per heavy atom. The number of anilines is 1. The van der Waals surface area contributed by atoms with Crippen molar-refractivity contribution in [3.05, 3.63) is 48.0 Å². The van der Waals surface area contributed by atoms with Gasteiger partial charge in [-0.3, -0.25) is 4.79 Å². The zero-order valence-electron chi connectivity index (χ0n) is 10.0. The van der Waals surface area contributed by atoms with E-state index in [0.717, 1.165) is 0 Å². The number of nitrogens with zero attached hydrogens (tertiary/aromatic N) is 2. The van der Waals surface area contributed by atoms with Gasteiger partial charge in [0.25, 0.3) is 0 Å². The second-order valence-corrected chi connectivity index (χ2v) is 4.56. The van der Waals surface area contributed by atoms with Gasteiger partial charge in [-0.05, 0) is 25.1 Å². The maximum Gasteiger partial charge on any atom is 0.226 e. The summed E-state index contributed by atoms with van der Waals surface area (Å²) >= 11 is 5.85. The summed E-state index contributed by atoms with van der Waals surface area (Å²) in [6.07, 6.45) is 5.64. The molecular formula is C13H14ClN3O. The highest BCUT2D eigenvalue weighted by atomic mass is 35.5. The predicted molar refractivity (Wildman–Crippen MR) is 71.6 cm³/mol. The van der Waals surface area contributed by atoms with E-state index in [1.54, 1.807) is 30.7 Å². The third-order valence-electron chi connectivity index (χ3n) is 2.62. The first-order chi connectivity index (χ1) is 8.65. The highest BCUT2D eigenvalue weighted by Crippen LogP contribution is 2.16. The number of carbonyl (C=O) groups is 1. The first kappa shape index (κ1) is 12.6. The van der Waals surface area contributed by atoms with Crippen LogP contribution in [0.15, 0.2) is 43.0 Å². The highest BCUT2D eigenvalue weighted by molar-refractivity contribution is 6.30. The Morgan fingerprint density at radius 2 is 2.39 bits per heavy atom. The van der Waals surface area contributed by atoms with E-state index in [2.05, 4.69) is 10.3 Å². The Kier molecular flexibility index (Phi) is 3.99. The Labute approximate surface area is 111 Å². The van der Waals surface area contributed by atoms with Gasteiger partial charge in [0, 0.05) is 35.6 Å². The molecule has 94 valence electrons. The van der Waals surface area contributed by atoms with Crippen LogP contribution in [0.5, 0.6) is 0 Å². The van der Waals surface area contributed by atoms with Crippen LogP contribution in [0.3, 0.4) is 0 Å². The van der Waals surface area contributed by atoms with Gasteiger partial charge >= 0.3 is 0 Å². The molecule has 1 aromatic heterocycles. The van der Waals surface area contributed by atoms with E-state index in [1.165, 1.54) is 0 Å². The number of nitrogens with one attached hydrogen (secondary N) is 1. The first-order valence-corrected chi connectivity index (χ1v) is 6.06. The number of aromatic nitrogens is 2. The first-order valence-electron chi connectivity index (χ1n) is 5.68. The molecule has 1 heterocycles. The molecule has 0 aliphatic heterocycles. The molecule has 0 aliphatic rings. The topological polar surface area (TPSA) is 46.9 Å². The van der Waals surface area contributed by atoms with E-state index < -0.39 is 0 Å². The molecule has 2 aromatic rings. The summed E-state index contributed by atoms with van der Waals surface area (Å²) in [5.74, 6) is -0.0431. The lowest BCUT2D eigenvalue weighted by Gasteiger charge is -2.12. The van der Waals surface area contributed by atoms with Gasteiger partial charge in [-0.15, -0.1) is 0 Å². The Balaban J connectivity index is 1.93. The fourth-order valence-corrected chi connectivity index (χ4v) is 1.87.